The van der Waals surface area contributed by atoms with Crippen molar-refractivity contribution in [3.8, 4) is 11.5 Å². The van der Waals surface area contributed by atoms with Gasteiger partial charge in [0.25, 0.3) is 0 Å². The van der Waals surface area contributed by atoms with Crippen LogP contribution in [0, 0.1) is 18.6 Å². The Morgan fingerprint density at radius 3 is 2.38 bits per heavy atom. The Kier molecular flexibility index (Phi) is 2.86. The van der Waals surface area contributed by atoms with Gasteiger partial charge in [0.2, 0.25) is 0 Å². The fourth-order valence-electron chi connectivity index (χ4n) is 1.34. The highest BCUT2D eigenvalue weighted by Gasteiger charge is 2.08. The van der Waals surface area contributed by atoms with Gasteiger partial charge in [0.05, 0.1) is 0 Å². The van der Waals surface area contributed by atoms with Gasteiger partial charge >= 0.3 is 0 Å². The highest BCUT2D eigenvalue weighted by molar-refractivity contribution is 5.38. The van der Waals surface area contributed by atoms with Crippen LogP contribution < -0.4 is 4.74 Å². The first-order valence-electron chi connectivity index (χ1n) is 4.85. The average Bonchev–Trinajstić information content (AvgIpc) is 2.27. The molecule has 0 atom stereocenters. The van der Waals surface area contributed by atoms with Gasteiger partial charge in [-0.25, -0.2) is 8.78 Å². The zero-order chi connectivity index (χ0) is 11.5. The van der Waals surface area contributed by atoms with Gasteiger partial charge in [-0.1, -0.05) is 18.2 Å². The number of halogens is 2. The second-order valence-corrected chi connectivity index (χ2v) is 3.43. The Bertz CT molecular complexity index is 495. The monoisotopic (exact) mass is 220 g/mol. The molecular formula is C13H10F2O. The predicted octanol–water partition coefficient (Wildman–Crippen LogP) is 4.07. The molecule has 2 aromatic rings. The van der Waals surface area contributed by atoms with Crippen LogP contribution in [0.5, 0.6) is 11.5 Å². The van der Waals surface area contributed by atoms with Crippen LogP contribution in [-0.2, 0) is 0 Å². The molecule has 3 heteroatoms. The van der Waals surface area contributed by atoms with Crippen molar-refractivity contribution in [1.29, 1.82) is 0 Å². The van der Waals surface area contributed by atoms with Crippen LogP contribution in [-0.4, -0.2) is 0 Å². The van der Waals surface area contributed by atoms with E-state index in [0.29, 0.717) is 11.3 Å². The molecule has 0 fully saturated rings. The Morgan fingerprint density at radius 2 is 1.69 bits per heavy atom. The maximum atomic E-state index is 13.2. The lowest BCUT2D eigenvalue weighted by atomic mass is 10.2. The molecule has 0 amide bonds. The summed E-state index contributed by atoms with van der Waals surface area (Å²) in [5, 5.41) is 0. The van der Waals surface area contributed by atoms with Gasteiger partial charge in [-0.15, -0.1) is 0 Å². The molecule has 1 nitrogen and oxygen atoms in total. The van der Waals surface area contributed by atoms with Crippen LogP contribution in [0.2, 0.25) is 0 Å². The van der Waals surface area contributed by atoms with E-state index < -0.39 is 11.6 Å². The van der Waals surface area contributed by atoms with Crippen LogP contribution in [0.3, 0.4) is 0 Å². The fraction of sp³-hybridized carbons (Fsp3) is 0.0769. The van der Waals surface area contributed by atoms with Crippen molar-refractivity contribution in [1.82, 2.24) is 0 Å². The maximum absolute atomic E-state index is 13.2. The van der Waals surface area contributed by atoms with Gasteiger partial charge in [-0.2, -0.15) is 0 Å². The molecule has 2 aromatic carbocycles. The van der Waals surface area contributed by atoms with Gasteiger partial charge in [0.15, 0.2) is 0 Å². The normalized spacial score (nSPS) is 10.2. The molecule has 0 heterocycles. The van der Waals surface area contributed by atoms with Crippen LogP contribution in [0.4, 0.5) is 8.78 Å². The predicted molar refractivity (Wildman–Crippen MR) is 57.6 cm³/mol. The van der Waals surface area contributed by atoms with E-state index >= 15 is 0 Å². The van der Waals surface area contributed by atoms with E-state index in [4.69, 9.17) is 4.74 Å². The van der Waals surface area contributed by atoms with E-state index in [1.165, 1.54) is 6.07 Å². The molecule has 0 aliphatic rings. The van der Waals surface area contributed by atoms with Crippen molar-refractivity contribution in [3.63, 3.8) is 0 Å². The molecule has 0 aliphatic carbocycles. The molecule has 0 saturated heterocycles. The SMILES string of the molecule is Cc1c(F)cc(F)cc1Oc1ccccc1. The number of rotatable bonds is 2. The summed E-state index contributed by atoms with van der Waals surface area (Å²) in [7, 11) is 0. The number of benzene rings is 2. The smallest absolute Gasteiger partial charge is 0.136 e. The first kappa shape index (κ1) is 10.6. The first-order valence-corrected chi connectivity index (χ1v) is 4.85. The van der Waals surface area contributed by atoms with Gasteiger partial charge < -0.3 is 4.74 Å². The van der Waals surface area contributed by atoms with Crippen molar-refractivity contribution in [2.24, 2.45) is 0 Å². The van der Waals surface area contributed by atoms with Crippen molar-refractivity contribution in [2.45, 2.75) is 6.92 Å². The van der Waals surface area contributed by atoms with Crippen LogP contribution in [0.15, 0.2) is 42.5 Å². The lowest BCUT2D eigenvalue weighted by Gasteiger charge is -2.09. The molecule has 2 rings (SSSR count). The van der Waals surface area contributed by atoms with Gasteiger partial charge in [0, 0.05) is 17.7 Å². The summed E-state index contributed by atoms with van der Waals surface area (Å²) in [5.41, 5.74) is 0.297. The minimum absolute atomic E-state index is 0.198. The van der Waals surface area contributed by atoms with Crippen molar-refractivity contribution in [2.75, 3.05) is 0 Å². The molecule has 0 aromatic heterocycles. The van der Waals surface area contributed by atoms with Crippen molar-refractivity contribution >= 4 is 0 Å². The highest BCUT2D eigenvalue weighted by Crippen LogP contribution is 2.27. The van der Waals surface area contributed by atoms with E-state index in [-0.39, 0.29) is 5.75 Å². The van der Waals surface area contributed by atoms with E-state index in [1.54, 1.807) is 31.2 Å². The number of para-hydroxylation sites is 1. The molecule has 0 unspecified atom stereocenters. The minimum Gasteiger partial charge on any atom is -0.457 e. The number of hydrogen-bond donors (Lipinski definition) is 0. The zero-order valence-corrected chi connectivity index (χ0v) is 8.71. The van der Waals surface area contributed by atoms with Gasteiger partial charge in [-0.3, -0.25) is 0 Å². The molecule has 16 heavy (non-hydrogen) atoms. The largest absolute Gasteiger partial charge is 0.457 e. The van der Waals surface area contributed by atoms with Gasteiger partial charge in [-0.05, 0) is 19.1 Å². The molecule has 0 aliphatic heterocycles. The Hall–Kier alpha value is -1.90. The van der Waals surface area contributed by atoms with Crippen molar-refractivity contribution in [3.05, 3.63) is 59.7 Å². The number of ether oxygens (including phenoxy) is 1. The van der Waals surface area contributed by atoms with Gasteiger partial charge in [0.1, 0.15) is 23.1 Å². The Balaban J connectivity index is 2.35. The molecule has 0 bridgehead atoms. The van der Waals surface area contributed by atoms with Crippen LogP contribution in [0.1, 0.15) is 5.56 Å². The molecule has 0 N–H and O–H groups in total. The second kappa shape index (κ2) is 4.31. The summed E-state index contributed by atoms with van der Waals surface area (Å²) in [6.07, 6.45) is 0. The number of hydrogen-bond acceptors (Lipinski definition) is 1. The first-order chi connectivity index (χ1) is 7.66. The van der Waals surface area contributed by atoms with E-state index in [9.17, 15) is 8.78 Å². The topological polar surface area (TPSA) is 9.23 Å². The fourth-order valence-corrected chi connectivity index (χ4v) is 1.34. The Labute approximate surface area is 92.3 Å². The summed E-state index contributed by atoms with van der Waals surface area (Å²) < 4.78 is 31.6. The second-order valence-electron chi connectivity index (χ2n) is 3.43. The maximum Gasteiger partial charge on any atom is 0.136 e. The Morgan fingerprint density at radius 1 is 1.00 bits per heavy atom. The zero-order valence-electron chi connectivity index (χ0n) is 8.71. The average molecular weight is 220 g/mol. The standard InChI is InChI=1S/C13H10F2O/c1-9-12(15)7-10(14)8-13(9)16-11-5-3-2-4-6-11/h2-8H,1H3. The van der Waals surface area contributed by atoms with Crippen LogP contribution >= 0.6 is 0 Å². The molecular weight excluding hydrogens is 210 g/mol. The van der Waals surface area contributed by atoms with E-state index in [0.717, 1.165) is 6.07 Å². The highest BCUT2D eigenvalue weighted by atomic mass is 19.1. The van der Waals surface area contributed by atoms with E-state index in [2.05, 4.69) is 0 Å². The summed E-state index contributed by atoms with van der Waals surface area (Å²) in [5.74, 6) is -0.501. The molecule has 82 valence electrons. The van der Waals surface area contributed by atoms with E-state index in [1.807, 2.05) is 6.07 Å². The third-order valence-corrected chi connectivity index (χ3v) is 2.23. The summed E-state index contributed by atoms with van der Waals surface area (Å²) in [6.45, 7) is 1.55. The molecule has 0 radical (unpaired) electrons. The third kappa shape index (κ3) is 2.19. The molecule has 0 saturated carbocycles. The lowest BCUT2D eigenvalue weighted by molar-refractivity contribution is 0.462. The summed E-state index contributed by atoms with van der Waals surface area (Å²) in [6, 6.07) is 10.9. The van der Waals surface area contributed by atoms with Crippen molar-refractivity contribution < 1.29 is 13.5 Å². The van der Waals surface area contributed by atoms with Crippen LogP contribution in [0.25, 0.3) is 0 Å². The summed E-state index contributed by atoms with van der Waals surface area (Å²) >= 11 is 0. The quantitative estimate of drug-likeness (QED) is 0.741. The summed E-state index contributed by atoms with van der Waals surface area (Å²) in [4.78, 5) is 0. The minimum atomic E-state index is -0.644. The molecule has 0 spiro atoms. The lowest BCUT2D eigenvalue weighted by Crippen LogP contribution is -1.92. The third-order valence-electron chi connectivity index (χ3n) is 2.23.